The summed E-state index contributed by atoms with van der Waals surface area (Å²) in [5.41, 5.74) is 2.16. The fourth-order valence-electron chi connectivity index (χ4n) is 2.50. The zero-order chi connectivity index (χ0) is 16.1. The topological polar surface area (TPSA) is 16.1 Å². The van der Waals surface area contributed by atoms with Gasteiger partial charge in [-0.05, 0) is 39.9 Å². The van der Waals surface area contributed by atoms with Crippen molar-refractivity contribution in [3.63, 3.8) is 0 Å². The molecule has 0 bridgehead atoms. The molecular formula is C20H20N2OsP. The van der Waals surface area contributed by atoms with E-state index in [4.69, 9.17) is 4.98 Å². The second-order valence-electron chi connectivity index (χ2n) is 5.58. The number of rotatable bonds is 5. The van der Waals surface area contributed by atoms with Crippen LogP contribution in [0.25, 0.3) is 0 Å². The van der Waals surface area contributed by atoms with Gasteiger partial charge in [0.05, 0.1) is 5.44 Å². The van der Waals surface area contributed by atoms with E-state index in [0.29, 0.717) is 14.6 Å². The molecule has 2 nitrogen and oxygen atoms in total. The maximum Gasteiger partial charge on any atom is 1.00 e. The molecule has 0 aliphatic carbocycles. The third-order valence-corrected chi connectivity index (χ3v) is 4.65. The molecule has 1 radical (unpaired) electrons. The standard InChI is InChI=1S/C20H20N2P.Os/c1-16(2)22(17-10-5-3-6-11-17)19-14-9-15-20(21-19)23-18-12-7-4-8-13-18;/h3-10,12-16,23H,1-2H3;/q-1;+1. The van der Waals surface area contributed by atoms with Crippen molar-refractivity contribution in [2.24, 2.45) is 0 Å². The molecule has 0 saturated heterocycles. The Bertz CT molecular complexity index is 748. The molecule has 2 aromatic carbocycles. The largest absolute Gasteiger partial charge is 1.00 e. The third kappa shape index (κ3) is 4.73. The van der Waals surface area contributed by atoms with Crippen LogP contribution in [0, 0.1) is 6.07 Å². The Morgan fingerprint density at radius 2 is 1.67 bits per heavy atom. The van der Waals surface area contributed by atoms with E-state index in [9.17, 15) is 0 Å². The molecule has 1 unspecified atom stereocenters. The van der Waals surface area contributed by atoms with Gasteiger partial charge in [-0.15, -0.1) is 6.07 Å². The first kappa shape index (κ1) is 18.8. The van der Waals surface area contributed by atoms with Gasteiger partial charge in [-0.3, -0.25) is 0 Å². The minimum absolute atomic E-state index is 0. The van der Waals surface area contributed by atoms with Gasteiger partial charge in [0, 0.05) is 6.04 Å². The first-order valence-electron chi connectivity index (χ1n) is 7.79. The normalized spacial score (nSPS) is 10.8. The van der Waals surface area contributed by atoms with E-state index in [-0.39, 0.29) is 19.8 Å². The van der Waals surface area contributed by atoms with Crippen LogP contribution in [-0.2, 0) is 19.8 Å². The third-order valence-electron chi connectivity index (χ3n) is 3.50. The molecule has 24 heavy (non-hydrogen) atoms. The van der Waals surface area contributed by atoms with Gasteiger partial charge < -0.3 is 4.90 Å². The van der Waals surface area contributed by atoms with Gasteiger partial charge in [-0.1, -0.05) is 42.1 Å². The number of aromatic nitrogens is 1. The molecule has 0 N–H and O–H groups in total. The summed E-state index contributed by atoms with van der Waals surface area (Å²) in [6.45, 7) is 4.35. The predicted molar refractivity (Wildman–Crippen MR) is 101 cm³/mol. The molecule has 0 fully saturated rings. The van der Waals surface area contributed by atoms with E-state index >= 15 is 0 Å². The summed E-state index contributed by atoms with van der Waals surface area (Å²) in [6, 6.07) is 28.4. The first-order valence-corrected chi connectivity index (χ1v) is 8.79. The Balaban J connectivity index is 0.00000208. The summed E-state index contributed by atoms with van der Waals surface area (Å²) in [6.07, 6.45) is 0. The maximum absolute atomic E-state index is 4.88. The van der Waals surface area contributed by atoms with Gasteiger partial charge in [-0.2, -0.15) is 24.3 Å². The Morgan fingerprint density at radius 1 is 0.917 bits per heavy atom. The minimum Gasteiger partial charge on any atom is -0.348 e. The molecule has 4 heteroatoms. The Morgan fingerprint density at radius 3 is 2.33 bits per heavy atom. The molecule has 1 atom stereocenters. The van der Waals surface area contributed by atoms with E-state index in [2.05, 4.69) is 73.3 Å². The average Bonchev–Trinajstić information content (AvgIpc) is 2.57. The summed E-state index contributed by atoms with van der Waals surface area (Å²) >= 11 is 0. The Labute approximate surface area is 159 Å². The molecule has 0 spiro atoms. The van der Waals surface area contributed by atoms with Gasteiger partial charge in [0.1, 0.15) is 5.82 Å². The summed E-state index contributed by atoms with van der Waals surface area (Å²) in [7, 11) is 0.569. The van der Waals surface area contributed by atoms with Crippen LogP contribution in [0.3, 0.4) is 0 Å². The molecular weight excluding hydrogens is 489 g/mol. The summed E-state index contributed by atoms with van der Waals surface area (Å²) in [5.74, 6) is 0.975. The van der Waals surface area contributed by atoms with Crippen molar-refractivity contribution in [2.45, 2.75) is 19.9 Å². The number of pyridine rings is 1. The van der Waals surface area contributed by atoms with E-state index in [1.165, 1.54) is 5.30 Å². The monoisotopic (exact) mass is 511 g/mol. The minimum atomic E-state index is 0. The van der Waals surface area contributed by atoms with Crippen molar-refractivity contribution in [3.05, 3.63) is 78.9 Å². The molecule has 1 aromatic heterocycles. The van der Waals surface area contributed by atoms with Gasteiger partial charge >= 0.3 is 19.8 Å². The number of nitrogens with zero attached hydrogens (tertiary/aromatic N) is 2. The van der Waals surface area contributed by atoms with Crippen LogP contribution in [0.4, 0.5) is 11.5 Å². The SMILES string of the molecule is CC(C)N(c1[c-]cccc1)c1cccc(Pc2ccccc2)n1.[Os+]. The van der Waals surface area contributed by atoms with Gasteiger partial charge in [0.25, 0.3) is 0 Å². The number of hydrogen-bond acceptors (Lipinski definition) is 2. The van der Waals surface area contributed by atoms with Crippen molar-refractivity contribution >= 4 is 30.8 Å². The van der Waals surface area contributed by atoms with Crippen LogP contribution in [0.5, 0.6) is 0 Å². The first-order chi connectivity index (χ1) is 11.2. The molecule has 3 aromatic rings. The fraction of sp³-hybridized carbons (Fsp3) is 0.150. The van der Waals surface area contributed by atoms with Crippen LogP contribution < -0.4 is 15.6 Å². The maximum atomic E-state index is 4.88. The van der Waals surface area contributed by atoms with Crippen molar-refractivity contribution < 1.29 is 19.8 Å². The predicted octanol–water partition coefficient (Wildman–Crippen LogP) is 4.06. The average molecular weight is 510 g/mol. The summed E-state index contributed by atoms with van der Waals surface area (Å²) in [5, 5.41) is 1.31. The molecule has 0 aliphatic rings. The molecule has 1 heterocycles. The van der Waals surface area contributed by atoms with Crippen LogP contribution in [-0.4, -0.2) is 11.0 Å². The van der Waals surface area contributed by atoms with E-state index < -0.39 is 0 Å². The number of anilines is 2. The summed E-state index contributed by atoms with van der Waals surface area (Å²) < 4.78 is 0. The van der Waals surface area contributed by atoms with Crippen LogP contribution in [0.15, 0.2) is 72.8 Å². The molecule has 3 rings (SSSR count). The van der Waals surface area contributed by atoms with Gasteiger partial charge in [-0.25, -0.2) is 4.98 Å². The number of hydrogen-bond donors (Lipinski definition) is 0. The zero-order valence-electron chi connectivity index (χ0n) is 13.8. The zero-order valence-corrected chi connectivity index (χ0v) is 17.3. The van der Waals surface area contributed by atoms with Gasteiger partial charge in [0.15, 0.2) is 0 Å². The fourth-order valence-corrected chi connectivity index (χ4v) is 3.50. The van der Waals surface area contributed by atoms with Crippen LogP contribution >= 0.6 is 8.58 Å². The van der Waals surface area contributed by atoms with Crippen LogP contribution in [0.1, 0.15) is 13.8 Å². The van der Waals surface area contributed by atoms with E-state index in [1.54, 1.807) is 0 Å². The van der Waals surface area contributed by atoms with Crippen molar-refractivity contribution in [1.82, 2.24) is 4.98 Å². The van der Waals surface area contributed by atoms with Crippen molar-refractivity contribution in [2.75, 3.05) is 4.90 Å². The molecule has 0 aliphatic heterocycles. The Kier molecular flexibility index (Phi) is 7.10. The molecule has 123 valence electrons. The second-order valence-corrected chi connectivity index (χ2v) is 6.92. The molecule has 0 saturated carbocycles. The van der Waals surface area contributed by atoms with Crippen molar-refractivity contribution in [3.8, 4) is 0 Å². The second kappa shape index (κ2) is 9.07. The van der Waals surface area contributed by atoms with E-state index in [0.717, 1.165) is 16.9 Å². The van der Waals surface area contributed by atoms with Gasteiger partial charge in [0.2, 0.25) is 0 Å². The van der Waals surface area contributed by atoms with Crippen molar-refractivity contribution in [1.29, 1.82) is 0 Å². The Hall–Kier alpha value is -1.54. The van der Waals surface area contributed by atoms with E-state index in [1.807, 2.05) is 24.3 Å². The molecule has 0 amide bonds. The summed E-state index contributed by atoms with van der Waals surface area (Å²) in [4.78, 5) is 7.11. The quantitative estimate of drug-likeness (QED) is 0.381. The smallest absolute Gasteiger partial charge is 0.348 e. The number of benzene rings is 2. The number of para-hydroxylation sites is 1. The van der Waals surface area contributed by atoms with Crippen LogP contribution in [0.2, 0.25) is 0 Å².